The van der Waals surface area contributed by atoms with Crippen molar-refractivity contribution in [1.82, 2.24) is 4.90 Å². The summed E-state index contributed by atoms with van der Waals surface area (Å²) in [6.45, 7) is 3.84. The third-order valence-electron chi connectivity index (χ3n) is 5.20. The van der Waals surface area contributed by atoms with E-state index in [0.717, 1.165) is 32.6 Å². The molecule has 6 nitrogen and oxygen atoms in total. The lowest BCUT2D eigenvalue weighted by Gasteiger charge is -2.40. The molecule has 2 unspecified atom stereocenters. The van der Waals surface area contributed by atoms with Crippen molar-refractivity contribution in [3.63, 3.8) is 0 Å². The molecule has 2 aromatic carbocycles. The first-order valence-electron chi connectivity index (χ1n) is 10.3. The molecule has 1 aliphatic rings. The fourth-order valence-electron chi connectivity index (χ4n) is 3.64. The zero-order valence-electron chi connectivity index (χ0n) is 17.6. The number of carbonyl (C=O) groups is 2. The highest BCUT2D eigenvalue weighted by molar-refractivity contribution is 14.1. The average molecular weight is 553 g/mol. The van der Waals surface area contributed by atoms with Crippen molar-refractivity contribution >= 4 is 56.5 Å². The van der Waals surface area contributed by atoms with E-state index in [1.165, 1.54) is 11.9 Å². The van der Waals surface area contributed by atoms with Gasteiger partial charge in [-0.05, 0) is 37.2 Å². The summed E-state index contributed by atoms with van der Waals surface area (Å²) in [4.78, 5) is 29.3. The third kappa shape index (κ3) is 7.40. The predicted octanol–water partition coefficient (Wildman–Crippen LogP) is 3.55. The number of piperazine rings is 1. The lowest BCUT2D eigenvalue weighted by Crippen LogP contribution is -2.50. The number of anilines is 2. The number of ketones is 1. The van der Waals surface area contributed by atoms with Crippen LogP contribution in [0.1, 0.15) is 23.2 Å². The normalized spacial score (nSPS) is 17.9. The molecular formula is C23H28IN3O3S. The van der Waals surface area contributed by atoms with E-state index in [-0.39, 0.29) is 17.4 Å². The molecule has 8 heteroatoms. The second kappa shape index (κ2) is 11.7. The van der Waals surface area contributed by atoms with E-state index in [2.05, 4.69) is 62.0 Å². The van der Waals surface area contributed by atoms with Crippen LogP contribution in [0.4, 0.5) is 11.4 Å². The smallest absolute Gasteiger partial charge is 0.236 e. The largest absolute Gasteiger partial charge is 0.368 e. The van der Waals surface area contributed by atoms with E-state index in [9.17, 15) is 13.8 Å². The molecule has 0 bridgehead atoms. The van der Waals surface area contributed by atoms with Gasteiger partial charge in [0.2, 0.25) is 5.91 Å². The Labute approximate surface area is 200 Å². The Balaban J connectivity index is 1.45. The number of hydrogen-bond donors (Lipinski definition) is 1. The first kappa shape index (κ1) is 23.9. The summed E-state index contributed by atoms with van der Waals surface area (Å²) >= 11 is 2.49. The second-order valence-corrected chi connectivity index (χ2v) is 10.5. The molecule has 1 saturated heterocycles. The molecule has 0 radical (unpaired) electrons. The Kier molecular flexibility index (Phi) is 9.03. The van der Waals surface area contributed by atoms with Crippen molar-refractivity contribution in [2.75, 3.05) is 48.4 Å². The number of para-hydroxylation sites is 1. The number of Topliss-reactive ketones (excluding diaryl/α,β-unsaturated/α-hetero) is 1. The molecule has 1 fully saturated rings. The van der Waals surface area contributed by atoms with Crippen molar-refractivity contribution in [3.05, 3.63) is 60.2 Å². The summed E-state index contributed by atoms with van der Waals surface area (Å²) in [6.07, 6.45) is 2.76. The van der Waals surface area contributed by atoms with Crippen molar-refractivity contribution in [2.45, 2.75) is 16.9 Å². The predicted molar refractivity (Wildman–Crippen MR) is 136 cm³/mol. The zero-order chi connectivity index (χ0) is 22.2. The maximum absolute atomic E-state index is 12.6. The van der Waals surface area contributed by atoms with Crippen molar-refractivity contribution < 1.29 is 13.8 Å². The van der Waals surface area contributed by atoms with Gasteiger partial charge in [0.25, 0.3) is 0 Å². The highest BCUT2D eigenvalue weighted by Crippen LogP contribution is 2.22. The van der Waals surface area contributed by atoms with Gasteiger partial charge in [0.05, 0.1) is 4.05 Å². The summed E-state index contributed by atoms with van der Waals surface area (Å²) in [7, 11) is -1.19. The van der Waals surface area contributed by atoms with E-state index in [4.69, 9.17) is 0 Å². The van der Waals surface area contributed by atoms with Crippen LogP contribution in [0.25, 0.3) is 0 Å². The molecule has 0 aromatic heterocycles. The zero-order valence-corrected chi connectivity index (χ0v) is 20.6. The number of benzene rings is 2. The number of hydrogen-bond acceptors (Lipinski definition) is 5. The van der Waals surface area contributed by atoms with Gasteiger partial charge in [0.15, 0.2) is 5.78 Å². The van der Waals surface area contributed by atoms with E-state index in [0.29, 0.717) is 21.7 Å². The molecule has 0 aliphatic carbocycles. The molecule has 1 N–H and O–H groups in total. The summed E-state index contributed by atoms with van der Waals surface area (Å²) in [5.74, 6) is -0.288. The van der Waals surface area contributed by atoms with Gasteiger partial charge in [-0.1, -0.05) is 52.9 Å². The molecule has 31 heavy (non-hydrogen) atoms. The Hall–Kier alpha value is -1.78. The van der Waals surface area contributed by atoms with Gasteiger partial charge in [-0.25, -0.2) is 0 Å². The van der Waals surface area contributed by atoms with Gasteiger partial charge in [0.1, 0.15) is 5.75 Å². The van der Waals surface area contributed by atoms with E-state index < -0.39 is 10.8 Å². The minimum Gasteiger partial charge on any atom is -0.368 e. The van der Waals surface area contributed by atoms with Gasteiger partial charge in [-0.2, -0.15) is 0 Å². The fourth-order valence-corrected chi connectivity index (χ4v) is 5.12. The minimum absolute atomic E-state index is 0.0484. The summed E-state index contributed by atoms with van der Waals surface area (Å²) < 4.78 is 11.6. The van der Waals surface area contributed by atoms with Gasteiger partial charge >= 0.3 is 0 Å². The van der Waals surface area contributed by atoms with E-state index in [1.54, 1.807) is 24.3 Å². The lowest BCUT2D eigenvalue weighted by molar-refractivity contribution is -0.113. The SMILES string of the molecule is CS(=O)CC(=O)Nc1cccc(C(=O)CCCN2CCN(c3ccccc3)CC2I)c1. The Morgan fingerprint density at radius 1 is 1.13 bits per heavy atom. The Morgan fingerprint density at radius 3 is 2.61 bits per heavy atom. The van der Waals surface area contributed by atoms with E-state index >= 15 is 0 Å². The van der Waals surface area contributed by atoms with Crippen LogP contribution >= 0.6 is 22.6 Å². The Bertz CT molecular complexity index is 925. The van der Waals surface area contributed by atoms with Crippen LogP contribution in [0.3, 0.4) is 0 Å². The minimum atomic E-state index is -1.19. The quantitative estimate of drug-likeness (QED) is 0.223. The van der Waals surface area contributed by atoms with Crippen molar-refractivity contribution in [3.8, 4) is 0 Å². The number of nitrogens with one attached hydrogen (secondary N) is 1. The lowest BCUT2D eigenvalue weighted by atomic mass is 10.1. The molecule has 2 aromatic rings. The number of rotatable bonds is 9. The Morgan fingerprint density at radius 2 is 1.90 bits per heavy atom. The van der Waals surface area contributed by atoms with Crippen LogP contribution in [0.15, 0.2) is 54.6 Å². The number of amides is 1. The maximum atomic E-state index is 12.6. The molecule has 1 aliphatic heterocycles. The third-order valence-corrected chi connectivity index (χ3v) is 7.05. The molecule has 2 atom stereocenters. The van der Waals surface area contributed by atoms with E-state index in [1.807, 2.05) is 6.07 Å². The van der Waals surface area contributed by atoms with Gasteiger partial charge in [-0.3, -0.25) is 18.7 Å². The molecule has 0 saturated carbocycles. The monoisotopic (exact) mass is 553 g/mol. The molecule has 1 amide bonds. The standard InChI is InChI=1S/C23H28IN3O3S/c1-31(30)17-23(29)25-19-8-5-7-18(15-19)21(28)11-6-12-26-13-14-27(16-22(26)24)20-9-3-2-4-10-20/h2-5,7-10,15,22H,6,11-14,16-17H2,1H3,(H,25,29). The van der Waals surface area contributed by atoms with Gasteiger partial charge < -0.3 is 10.2 Å². The topological polar surface area (TPSA) is 69.7 Å². The number of halogens is 1. The van der Waals surface area contributed by atoms with Crippen LogP contribution in [0.5, 0.6) is 0 Å². The highest BCUT2D eigenvalue weighted by Gasteiger charge is 2.24. The van der Waals surface area contributed by atoms with Crippen LogP contribution in [0.2, 0.25) is 0 Å². The number of alkyl halides is 1. The maximum Gasteiger partial charge on any atom is 0.236 e. The molecule has 166 valence electrons. The molecule has 3 rings (SSSR count). The summed E-state index contributed by atoms with van der Waals surface area (Å²) in [5, 5.41) is 2.70. The van der Waals surface area contributed by atoms with Crippen LogP contribution < -0.4 is 10.2 Å². The number of carbonyl (C=O) groups excluding carboxylic acids is 2. The fraction of sp³-hybridized carbons (Fsp3) is 0.391. The van der Waals surface area contributed by atoms with Crippen LogP contribution in [-0.2, 0) is 15.6 Å². The molecule has 0 spiro atoms. The first-order chi connectivity index (χ1) is 14.9. The van der Waals surface area contributed by atoms with Gasteiger partial charge in [-0.15, -0.1) is 0 Å². The van der Waals surface area contributed by atoms with Crippen LogP contribution in [0, 0.1) is 0 Å². The highest BCUT2D eigenvalue weighted by atomic mass is 127. The summed E-state index contributed by atoms with van der Waals surface area (Å²) in [6, 6.07) is 17.4. The van der Waals surface area contributed by atoms with Gasteiger partial charge in [0, 0.05) is 60.0 Å². The first-order valence-corrected chi connectivity index (χ1v) is 13.3. The molecule has 1 heterocycles. The van der Waals surface area contributed by atoms with Crippen LogP contribution in [-0.4, -0.2) is 63.0 Å². The second-order valence-electron chi connectivity index (χ2n) is 7.63. The van der Waals surface area contributed by atoms with Crippen molar-refractivity contribution in [2.24, 2.45) is 0 Å². The average Bonchev–Trinajstić information content (AvgIpc) is 2.75. The summed E-state index contributed by atoms with van der Waals surface area (Å²) in [5.41, 5.74) is 2.41. The number of nitrogens with zero attached hydrogens (tertiary/aromatic N) is 2. The van der Waals surface area contributed by atoms with Crippen molar-refractivity contribution in [1.29, 1.82) is 0 Å². The molecular weight excluding hydrogens is 525 g/mol.